The fraction of sp³-hybridized carbons (Fsp3) is 1.00. The highest BCUT2D eigenvalue weighted by atomic mass is 32.2. The van der Waals surface area contributed by atoms with E-state index in [9.17, 15) is 8.42 Å². The number of hydrogen-bond donors (Lipinski definition) is 0. The second-order valence-corrected chi connectivity index (χ2v) is 12.0. The fourth-order valence-corrected chi connectivity index (χ4v) is 4.96. The molecule has 0 saturated heterocycles. The summed E-state index contributed by atoms with van der Waals surface area (Å²) in [6.45, 7) is 6.78. The maximum absolute atomic E-state index is 10.9. The van der Waals surface area contributed by atoms with E-state index in [1.807, 2.05) is 0 Å². The molecule has 1 saturated carbocycles. The zero-order valence-electron chi connectivity index (χ0n) is 8.70. The van der Waals surface area contributed by atoms with Crippen molar-refractivity contribution in [3.63, 3.8) is 0 Å². The lowest BCUT2D eigenvalue weighted by Gasteiger charge is -2.42. The zero-order chi connectivity index (χ0) is 10.3. The van der Waals surface area contributed by atoms with Crippen LogP contribution < -0.4 is 0 Å². The molecule has 0 heterocycles. The zero-order valence-corrected chi connectivity index (χ0v) is 10.5. The average Bonchev–Trinajstić information content (AvgIpc) is 1.73. The van der Waals surface area contributed by atoms with Crippen molar-refractivity contribution < 1.29 is 12.6 Å². The van der Waals surface area contributed by atoms with Gasteiger partial charge in [-0.1, -0.05) is 19.6 Å². The molecule has 0 aromatic carbocycles. The Balaban J connectivity index is 2.56. The molecule has 0 spiro atoms. The fourth-order valence-electron chi connectivity index (χ4n) is 1.80. The topological polar surface area (TPSA) is 43.4 Å². The first-order chi connectivity index (χ1) is 5.70. The Kier molecular flexibility index (Phi) is 2.90. The summed E-state index contributed by atoms with van der Waals surface area (Å²) in [6, 6.07) is 0. The van der Waals surface area contributed by atoms with Gasteiger partial charge < -0.3 is 0 Å². The van der Waals surface area contributed by atoms with Gasteiger partial charge in [-0.25, -0.2) is 0 Å². The van der Waals surface area contributed by atoms with Gasteiger partial charge >= 0.3 is 0 Å². The maximum atomic E-state index is 10.9. The van der Waals surface area contributed by atoms with Gasteiger partial charge in [0.15, 0.2) is 0 Å². The minimum absolute atomic E-state index is 0.0262. The minimum Gasteiger partial charge on any atom is -0.267 e. The van der Waals surface area contributed by atoms with Crippen molar-refractivity contribution in [3.8, 4) is 0 Å². The van der Waals surface area contributed by atoms with E-state index in [0.717, 1.165) is 19.1 Å². The summed E-state index contributed by atoms with van der Waals surface area (Å²) >= 11 is 0. The first-order valence-corrected chi connectivity index (χ1v) is 9.98. The largest absolute Gasteiger partial charge is 0.267 e. The van der Waals surface area contributed by atoms with Crippen molar-refractivity contribution in [2.45, 2.75) is 44.1 Å². The molecular weight excluding hydrogens is 204 g/mol. The lowest BCUT2D eigenvalue weighted by Crippen LogP contribution is -2.45. The van der Waals surface area contributed by atoms with Crippen LogP contribution in [0.1, 0.15) is 12.8 Å². The van der Waals surface area contributed by atoms with E-state index in [1.54, 1.807) is 0 Å². The Hall–Kier alpha value is 0.127. The average molecular weight is 222 g/mol. The molecule has 78 valence electrons. The Morgan fingerprint density at radius 2 is 1.77 bits per heavy atom. The van der Waals surface area contributed by atoms with Gasteiger partial charge in [0, 0.05) is 0 Å². The van der Waals surface area contributed by atoms with E-state index in [2.05, 4.69) is 19.6 Å². The Bertz CT molecular complexity index is 278. The van der Waals surface area contributed by atoms with Gasteiger partial charge in [0.25, 0.3) is 10.1 Å². The first-order valence-electron chi connectivity index (χ1n) is 4.58. The van der Waals surface area contributed by atoms with Gasteiger partial charge in [-0.15, -0.1) is 0 Å². The van der Waals surface area contributed by atoms with Gasteiger partial charge in [-0.3, -0.25) is 4.18 Å². The van der Waals surface area contributed by atoms with Gasteiger partial charge in [-0.05, 0) is 18.4 Å². The third-order valence-electron chi connectivity index (χ3n) is 2.62. The lowest BCUT2D eigenvalue weighted by molar-refractivity contribution is 0.125. The van der Waals surface area contributed by atoms with Crippen LogP contribution in [0, 0.1) is 0 Å². The van der Waals surface area contributed by atoms with Crippen LogP contribution in [-0.4, -0.2) is 28.9 Å². The summed E-state index contributed by atoms with van der Waals surface area (Å²) in [7, 11) is -4.48. The van der Waals surface area contributed by atoms with Crippen LogP contribution in [-0.2, 0) is 14.3 Å². The van der Waals surface area contributed by atoms with Crippen LogP contribution in [0.4, 0.5) is 0 Å². The third kappa shape index (κ3) is 3.07. The van der Waals surface area contributed by atoms with Crippen molar-refractivity contribution in [1.29, 1.82) is 0 Å². The van der Waals surface area contributed by atoms with Crippen molar-refractivity contribution in [1.82, 2.24) is 0 Å². The molecule has 0 amide bonds. The summed E-state index contributed by atoms with van der Waals surface area (Å²) in [5.41, 5.74) is 0.516. The highest BCUT2D eigenvalue weighted by Crippen LogP contribution is 2.43. The molecule has 1 rings (SSSR count). The van der Waals surface area contributed by atoms with Crippen LogP contribution in [0.3, 0.4) is 0 Å². The predicted molar refractivity (Wildman–Crippen MR) is 56.0 cm³/mol. The molecular formula is C8H18O3SSi. The van der Waals surface area contributed by atoms with Crippen molar-refractivity contribution in [2.24, 2.45) is 0 Å². The SMILES string of the molecule is C[Si](C)(C)[C@H]1CC[C@H]1OS(C)(=O)=O. The molecule has 0 aliphatic heterocycles. The summed E-state index contributed by atoms with van der Waals surface area (Å²) in [4.78, 5) is 0. The molecule has 0 aromatic heterocycles. The van der Waals surface area contributed by atoms with Gasteiger partial charge in [-0.2, -0.15) is 8.42 Å². The minimum atomic E-state index is -3.26. The molecule has 1 aliphatic rings. The lowest BCUT2D eigenvalue weighted by atomic mass is 9.95. The van der Waals surface area contributed by atoms with E-state index < -0.39 is 18.2 Å². The van der Waals surface area contributed by atoms with Gasteiger partial charge in [0.1, 0.15) is 0 Å². The molecule has 5 heteroatoms. The molecule has 3 nitrogen and oxygen atoms in total. The molecule has 2 atom stereocenters. The highest BCUT2D eigenvalue weighted by molar-refractivity contribution is 7.86. The monoisotopic (exact) mass is 222 g/mol. The molecule has 0 bridgehead atoms. The standard InChI is InChI=1S/C8H18O3SSi/c1-12(9,10)11-7-5-6-8(7)13(2,3)4/h7-8H,5-6H2,1-4H3/t7-,8+/m1/s1. The smallest absolute Gasteiger partial charge is 0.264 e. The van der Waals surface area contributed by atoms with Crippen LogP contribution in [0.25, 0.3) is 0 Å². The quantitative estimate of drug-likeness (QED) is 0.540. The van der Waals surface area contributed by atoms with Crippen molar-refractivity contribution in [2.75, 3.05) is 6.26 Å². The molecule has 1 aliphatic carbocycles. The summed E-state index contributed by atoms with van der Waals surface area (Å²) in [5.74, 6) is 0. The summed E-state index contributed by atoms with van der Waals surface area (Å²) < 4.78 is 26.8. The Labute approximate surface area is 81.6 Å². The van der Waals surface area contributed by atoms with E-state index in [1.165, 1.54) is 0 Å². The first kappa shape index (κ1) is 11.2. The summed E-state index contributed by atoms with van der Waals surface area (Å²) in [6.07, 6.45) is 3.14. The Morgan fingerprint density at radius 3 is 2.00 bits per heavy atom. The number of hydrogen-bond acceptors (Lipinski definition) is 3. The van der Waals surface area contributed by atoms with Crippen LogP contribution in [0.15, 0.2) is 0 Å². The highest BCUT2D eigenvalue weighted by Gasteiger charge is 2.42. The molecule has 1 fully saturated rings. The molecule has 0 unspecified atom stereocenters. The van der Waals surface area contributed by atoms with Crippen LogP contribution in [0.5, 0.6) is 0 Å². The molecule has 0 radical (unpaired) electrons. The third-order valence-corrected chi connectivity index (χ3v) is 6.10. The van der Waals surface area contributed by atoms with E-state index in [-0.39, 0.29) is 6.10 Å². The predicted octanol–water partition coefficient (Wildman–Crippen LogP) is 1.83. The van der Waals surface area contributed by atoms with Crippen molar-refractivity contribution >= 4 is 18.2 Å². The van der Waals surface area contributed by atoms with Crippen molar-refractivity contribution in [3.05, 3.63) is 0 Å². The van der Waals surface area contributed by atoms with E-state index in [0.29, 0.717) is 5.54 Å². The van der Waals surface area contributed by atoms with E-state index >= 15 is 0 Å². The van der Waals surface area contributed by atoms with Crippen LogP contribution in [0.2, 0.25) is 25.2 Å². The number of rotatable bonds is 3. The second kappa shape index (κ2) is 3.36. The molecule has 0 N–H and O–H groups in total. The second-order valence-electron chi connectivity index (χ2n) is 4.89. The van der Waals surface area contributed by atoms with Gasteiger partial charge in [0.05, 0.1) is 20.4 Å². The molecule has 13 heavy (non-hydrogen) atoms. The Morgan fingerprint density at radius 1 is 1.23 bits per heavy atom. The van der Waals surface area contributed by atoms with Gasteiger partial charge in [0.2, 0.25) is 0 Å². The normalized spacial score (nSPS) is 29.8. The molecule has 0 aromatic rings. The maximum Gasteiger partial charge on any atom is 0.264 e. The van der Waals surface area contributed by atoms with Crippen LogP contribution >= 0.6 is 0 Å². The van der Waals surface area contributed by atoms with E-state index in [4.69, 9.17) is 4.18 Å². The summed E-state index contributed by atoms with van der Waals surface area (Å²) in [5, 5.41) is 0.